The SMILES string of the molecule is C=CCOc1ccccc1C(=O)Oc1c(Cl)cccc1Cl. The van der Waals surface area contributed by atoms with Gasteiger partial charge in [-0.15, -0.1) is 0 Å². The predicted molar refractivity (Wildman–Crippen MR) is 83.6 cm³/mol. The zero-order valence-electron chi connectivity index (χ0n) is 11.0. The lowest BCUT2D eigenvalue weighted by molar-refractivity contribution is 0.0731. The molecule has 0 saturated heterocycles. The molecule has 0 atom stereocenters. The standard InChI is InChI=1S/C16H12Cl2O3/c1-2-10-20-14-9-4-3-6-11(14)16(19)21-15-12(17)7-5-8-13(15)18/h2-9H,1,10H2. The van der Waals surface area contributed by atoms with E-state index >= 15 is 0 Å². The predicted octanol–water partition coefficient (Wildman–Crippen LogP) is 4.78. The molecule has 0 unspecified atom stereocenters. The minimum Gasteiger partial charge on any atom is -0.489 e. The molecule has 2 aromatic carbocycles. The van der Waals surface area contributed by atoms with Crippen LogP contribution in [0.2, 0.25) is 10.0 Å². The van der Waals surface area contributed by atoms with Crippen LogP contribution in [-0.2, 0) is 0 Å². The largest absolute Gasteiger partial charge is 0.489 e. The highest BCUT2D eigenvalue weighted by molar-refractivity contribution is 6.37. The van der Waals surface area contributed by atoms with E-state index in [1.807, 2.05) is 0 Å². The topological polar surface area (TPSA) is 35.5 Å². The van der Waals surface area contributed by atoms with E-state index in [-0.39, 0.29) is 28.0 Å². The molecule has 0 radical (unpaired) electrons. The maximum absolute atomic E-state index is 12.3. The number of hydrogen-bond acceptors (Lipinski definition) is 3. The molecule has 0 spiro atoms. The van der Waals surface area contributed by atoms with Crippen LogP contribution in [-0.4, -0.2) is 12.6 Å². The van der Waals surface area contributed by atoms with Gasteiger partial charge < -0.3 is 9.47 Å². The van der Waals surface area contributed by atoms with Gasteiger partial charge in [0.25, 0.3) is 0 Å². The van der Waals surface area contributed by atoms with E-state index in [4.69, 9.17) is 32.7 Å². The van der Waals surface area contributed by atoms with Crippen LogP contribution in [0.5, 0.6) is 11.5 Å². The number of esters is 1. The van der Waals surface area contributed by atoms with E-state index in [0.29, 0.717) is 5.75 Å². The molecule has 0 aliphatic carbocycles. The third-order valence-corrected chi connectivity index (χ3v) is 3.17. The summed E-state index contributed by atoms with van der Waals surface area (Å²) >= 11 is 12.0. The molecule has 0 amide bonds. The molecule has 108 valence electrons. The van der Waals surface area contributed by atoms with Crippen LogP contribution in [0.3, 0.4) is 0 Å². The van der Waals surface area contributed by atoms with Crippen molar-refractivity contribution < 1.29 is 14.3 Å². The molecule has 5 heteroatoms. The van der Waals surface area contributed by atoms with Crippen LogP contribution < -0.4 is 9.47 Å². The first-order valence-corrected chi connectivity index (χ1v) is 6.88. The first-order chi connectivity index (χ1) is 10.1. The van der Waals surface area contributed by atoms with Gasteiger partial charge in [0.05, 0.1) is 10.0 Å². The summed E-state index contributed by atoms with van der Waals surface area (Å²) in [5.41, 5.74) is 0.287. The van der Waals surface area contributed by atoms with Gasteiger partial charge in [-0.25, -0.2) is 4.79 Å². The summed E-state index contributed by atoms with van der Waals surface area (Å²) in [5.74, 6) is -0.0559. The highest BCUT2D eigenvalue weighted by atomic mass is 35.5. The van der Waals surface area contributed by atoms with Crippen LogP contribution in [0.4, 0.5) is 0 Å². The van der Waals surface area contributed by atoms with Gasteiger partial charge in [0, 0.05) is 0 Å². The second-order valence-corrected chi connectivity index (χ2v) is 4.85. The van der Waals surface area contributed by atoms with Crippen molar-refractivity contribution >= 4 is 29.2 Å². The Morgan fingerprint density at radius 3 is 2.43 bits per heavy atom. The summed E-state index contributed by atoms with van der Waals surface area (Å²) in [6, 6.07) is 11.6. The van der Waals surface area contributed by atoms with E-state index in [0.717, 1.165) is 0 Å². The molecule has 3 nitrogen and oxygen atoms in total. The zero-order valence-corrected chi connectivity index (χ0v) is 12.5. The fourth-order valence-electron chi connectivity index (χ4n) is 1.64. The van der Waals surface area contributed by atoms with Crippen molar-refractivity contribution in [2.24, 2.45) is 0 Å². The smallest absolute Gasteiger partial charge is 0.347 e. The van der Waals surface area contributed by atoms with Crippen LogP contribution in [0.25, 0.3) is 0 Å². The van der Waals surface area contributed by atoms with E-state index < -0.39 is 5.97 Å². The lowest BCUT2D eigenvalue weighted by Gasteiger charge is -2.11. The Labute approximate surface area is 132 Å². The number of benzene rings is 2. The average molecular weight is 323 g/mol. The molecule has 0 saturated carbocycles. The Balaban J connectivity index is 2.26. The first kappa shape index (κ1) is 15.4. The molecular formula is C16H12Cl2O3. The Hall–Kier alpha value is -1.97. The third-order valence-electron chi connectivity index (χ3n) is 2.58. The van der Waals surface area contributed by atoms with Crippen LogP contribution in [0.1, 0.15) is 10.4 Å². The highest BCUT2D eigenvalue weighted by Gasteiger charge is 2.17. The van der Waals surface area contributed by atoms with E-state index in [9.17, 15) is 4.79 Å². The molecule has 2 aromatic rings. The normalized spacial score (nSPS) is 10.0. The number of ether oxygens (including phenoxy) is 2. The summed E-state index contributed by atoms with van der Waals surface area (Å²) in [5, 5.41) is 0.528. The van der Waals surface area contributed by atoms with Gasteiger partial charge in [0.2, 0.25) is 0 Å². The van der Waals surface area contributed by atoms with Crippen molar-refractivity contribution in [2.45, 2.75) is 0 Å². The lowest BCUT2D eigenvalue weighted by Crippen LogP contribution is -2.11. The summed E-state index contributed by atoms with van der Waals surface area (Å²) in [6.45, 7) is 3.85. The van der Waals surface area contributed by atoms with E-state index in [1.165, 1.54) is 0 Å². The summed E-state index contributed by atoms with van der Waals surface area (Å²) < 4.78 is 10.7. The van der Waals surface area contributed by atoms with Crippen molar-refractivity contribution in [3.8, 4) is 11.5 Å². The summed E-state index contributed by atoms with van der Waals surface area (Å²) in [4.78, 5) is 12.3. The molecule has 0 heterocycles. The number of carbonyl (C=O) groups is 1. The molecule has 0 N–H and O–H groups in total. The molecule has 0 bridgehead atoms. The van der Waals surface area contributed by atoms with Gasteiger partial charge in [0.1, 0.15) is 17.9 Å². The van der Waals surface area contributed by atoms with Crippen molar-refractivity contribution in [2.75, 3.05) is 6.61 Å². The van der Waals surface area contributed by atoms with Gasteiger partial charge in [0.15, 0.2) is 5.75 Å². The number of halogens is 2. The molecule has 0 aliphatic rings. The van der Waals surface area contributed by atoms with Crippen molar-refractivity contribution in [3.63, 3.8) is 0 Å². The fraction of sp³-hybridized carbons (Fsp3) is 0.0625. The Morgan fingerprint density at radius 1 is 1.10 bits per heavy atom. The number of para-hydroxylation sites is 2. The molecule has 21 heavy (non-hydrogen) atoms. The second kappa shape index (κ2) is 7.16. The first-order valence-electron chi connectivity index (χ1n) is 6.12. The molecule has 2 rings (SSSR count). The van der Waals surface area contributed by atoms with Crippen molar-refractivity contribution in [1.82, 2.24) is 0 Å². The Bertz CT molecular complexity index is 648. The van der Waals surface area contributed by atoms with Crippen LogP contribution in [0, 0.1) is 0 Å². The third kappa shape index (κ3) is 3.78. The van der Waals surface area contributed by atoms with Gasteiger partial charge in [-0.05, 0) is 24.3 Å². The van der Waals surface area contributed by atoms with Crippen molar-refractivity contribution in [1.29, 1.82) is 0 Å². The molecule has 0 aromatic heterocycles. The van der Waals surface area contributed by atoms with E-state index in [1.54, 1.807) is 48.5 Å². The van der Waals surface area contributed by atoms with Gasteiger partial charge in [-0.2, -0.15) is 0 Å². The van der Waals surface area contributed by atoms with Gasteiger partial charge in [-0.1, -0.05) is 54.1 Å². The van der Waals surface area contributed by atoms with Gasteiger partial charge in [-0.3, -0.25) is 0 Å². The summed E-state index contributed by atoms with van der Waals surface area (Å²) in [7, 11) is 0. The average Bonchev–Trinajstić information content (AvgIpc) is 2.49. The Morgan fingerprint density at radius 2 is 1.76 bits per heavy atom. The quantitative estimate of drug-likeness (QED) is 0.451. The van der Waals surface area contributed by atoms with Crippen LogP contribution in [0.15, 0.2) is 55.1 Å². The van der Waals surface area contributed by atoms with E-state index in [2.05, 4.69) is 6.58 Å². The minimum atomic E-state index is -0.593. The number of carbonyl (C=O) groups excluding carboxylic acids is 1. The maximum atomic E-state index is 12.3. The minimum absolute atomic E-state index is 0.129. The summed E-state index contributed by atoms with van der Waals surface area (Å²) in [6.07, 6.45) is 1.59. The number of hydrogen-bond donors (Lipinski definition) is 0. The fourth-order valence-corrected chi connectivity index (χ4v) is 2.11. The molecule has 0 aliphatic heterocycles. The maximum Gasteiger partial charge on any atom is 0.347 e. The Kier molecular flexibility index (Phi) is 5.26. The zero-order chi connectivity index (χ0) is 15.2. The molecular weight excluding hydrogens is 311 g/mol. The lowest BCUT2D eigenvalue weighted by atomic mass is 10.2. The molecule has 0 fully saturated rings. The monoisotopic (exact) mass is 322 g/mol. The highest BCUT2D eigenvalue weighted by Crippen LogP contribution is 2.33. The van der Waals surface area contributed by atoms with Crippen molar-refractivity contribution in [3.05, 3.63) is 70.7 Å². The number of rotatable bonds is 5. The van der Waals surface area contributed by atoms with Gasteiger partial charge >= 0.3 is 5.97 Å². The van der Waals surface area contributed by atoms with Crippen LogP contribution >= 0.6 is 23.2 Å². The second-order valence-electron chi connectivity index (χ2n) is 4.04.